The number of anilines is 3. The molecule has 1 aliphatic rings. The summed E-state index contributed by atoms with van der Waals surface area (Å²) in [6.07, 6.45) is 1.20. The Balaban J connectivity index is 1.76. The highest BCUT2D eigenvalue weighted by atomic mass is 127. The number of rotatable bonds is 9. The predicted molar refractivity (Wildman–Crippen MR) is 126 cm³/mol. The monoisotopic (exact) mass is 584 g/mol. The van der Waals surface area contributed by atoms with Gasteiger partial charge in [0.05, 0.1) is 18.0 Å². The van der Waals surface area contributed by atoms with Crippen molar-refractivity contribution in [3.8, 4) is 0 Å². The van der Waals surface area contributed by atoms with Crippen molar-refractivity contribution in [3.05, 3.63) is 51.4 Å². The summed E-state index contributed by atoms with van der Waals surface area (Å²) in [6.45, 7) is 1.76. The molecule has 0 radical (unpaired) electrons. The van der Waals surface area contributed by atoms with Gasteiger partial charge in [-0.25, -0.2) is 13.2 Å². The summed E-state index contributed by atoms with van der Waals surface area (Å²) in [5.74, 6) is -3.19. The molecule has 2 aromatic rings. The molecule has 1 heterocycles. The molecule has 7 nitrogen and oxygen atoms in total. The Kier molecular flexibility index (Phi) is 8.61. The first-order valence-corrected chi connectivity index (χ1v) is 12.4. The summed E-state index contributed by atoms with van der Waals surface area (Å²) in [7, 11) is -2.43. The third kappa shape index (κ3) is 6.25. The van der Waals surface area contributed by atoms with Gasteiger partial charge in [0.25, 0.3) is 0 Å². The third-order valence-electron chi connectivity index (χ3n) is 5.06. The van der Waals surface area contributed by atoms with Crippen LogP contribution in [0.2, 0.25) is 0 Å². The van der Waals surface area contributed by atoms with Crippen LogP contribution >= 0.6 is 22.6 Å². The number of nitrogens with zero attached hydrogens (tertiary/aromatic N) is 1. The molecular weight excluding hydrogens is 560 g/mol. The molecule has 1 fully saturated rings. The molecular formula is C20H24F3IN4O3S. The topological polar surface area (TPSA) is 82.7 Å². The minimum Gasteiger partial charge on any atom is -0.383 e. The van der Waals surface area contributed by atoms with Crippen LogP contribution in [0.25, 0.3) is 0 Å². The summed E-state index contributed by atoms with van der Waals surface area (Å²) in [5.41, 5.74) is -0.828. The number of nitrogens with one attached hydrogen (secondary N) is 3. The van der Waals surface area contributed by atoms with Crippen molar-refractivity contribution in [2.45, 2.75) is 18.9 Å². The van der Waals surface area contributed by atoms with E-state index in [1.165, 1.54) is 16.4 Å². The molecule has 0 aromatic heterocycles. The number of methoxy groups -OCH3 is 1. The van der Waals surface area contributed by atoms with Gasteiger partial charge in [-0.15, -0.1) is 0 Å². The van der Waals surface area contributed by atoms with Crippen molar-refractivity contribution in [1.82, 2.24) is 9.62 Å². The molecule has 0 aliphatic carbocycles. The van der Waals surface area contributed by atoms with Crippen molar-refractivity contribution >= 4 is 49.9 Å². The van der Waals surface area contributed by atoms with Crippen molar-refractivity contribution in [3.63, 3.8) is 0 Å². The molecule has 12 heteroatoms. The fourth-order valence-corrected chi connectivity index (χ4v) is 5.07. The van der Waals surface area contributed by atoms with Crippen molar-refractivity contribution < 1.29 is 26.3 Å². The van der Waals surface area contributed by atoms with Crippen LogP contribution in [0.3, 0.4) is 0 Å². The van der Waals surface area contributed by atoms with Crippen LogP contribution in [0.5, 0.6) is 0 Å². The van der Waals surface area contributed by atoms with Crippen LogP contribution in [0.4, 0.5) is 30.2 Å². The van der Waals surface area contributed by atoms with Gasteiger partial charge in [-0.1, -0.05) is 0 Å². The van der Waals surface area contributed by atoms with E-state index in [0.717, 1.165) is 12.1 Å². The molecule has 32 heavy (non-hydrogen) atoms. The lowest BCUT2D eigenvalue weighted by molar-refractivity contribution is 0.189. The molecule has 3 N–H and O–H groups in total. The summed E-state index contributed by atoms with van der Waals surface area (Å²) >= 11 is 1.92. The predicted octanol–water partition coefficient (Wildman–Crippen LogP) is 3.81. The summed E-state index contributed by atoms with van der Waals surface area (Å²) in [5, 5.41) is 5.78. The van der Waals surface area contributed by atoms with Crippen LogP contribution in [-0.2, 0) is 14.9 Å². The van der Waals surface area contributed by atoms with Gasteiger partial charge in [-0.05, 0) is 65.8 Å². The maximum absolute atomic E-state index is 14.5. The van der Waals surface area contributed by atoms with Crippen LogP contribution in [0.15, 0.2) is 30.3 Å². The van der Waals surface area contributed by atoms with Gasteiger partial charge < -0.3 is 15.4 Å². The summed E-state index contributed by atoms with van der Waals surface area (Å²) < 4.78 is 77.6. The zero-order chi connectivity index (χ0) is 23.3. The highest BCUT2D eigenvalue weighted by Gasteiger charge is 2.29. The zero-order valence-corrected chi connectivity index (χ0v) is 20.3. The van der Waals surface area contributed by atoms with Crippen LogP contribution < -0.4 is 15.4 Å². The van der Waals surface area contributed by atoms with E-state index in [1.807, 2.05) is 22.6 Å². The van der Waals surface area contributed by atoms with Crippen LogP contribution in [0, 0.1) is 21.0 Å². The van der Waals surface area contributed by atoms with Gasteiger partial charge in [0.1, 0.15) is 11.5 Å². The Morgan fingerprint density at radius 2 is 1.78 bits per heavy atom. The number of hydrogen-bond donors (Lipinski definition) is 3. The van der Waals surface area contributed by atoms with E-state index in [1.54, 1.807) is 13.2 Å². The second kappa shape index (κ2) is 11.0. The summed E-state index contributed by atoms with van der Waals surface area (Å²) in [4.78, 5) is 0. The first kappa shape index (κ1) is 25.0. The molecule has 0 saturated carbocycles. The lowest BCUT2D eigenvalue weighted by Crippen LogP contribution is -2.47. The quantitative estimate of drug-likeness (QED) is 0.309. The van der Waals surface area contributed by atoms with Crippen molar-refractivity contribution in [1.29, 1.82) is 0 Å². The molecule has 3 rings (SSSR count). The van der Waals surface area contributed by atoms with Gasteiger partial charge in [0.2, 0.25) is 0 Å². The Morgan fingerprint density at radius 1 is 1.09 bits per heavy atom. The molecule has 1 saturated heterocycles. The van der Waals surface area contributed by atoms with Gasteiger partial charge in [0.15, 0.2) is 11.6 Å². The van der Waals surface area contributed by atoms with E-state index in [9.17, 15) is 21.6 Å². The van der Waals surface area contributed by atoms with Crippen molar-refractivity contribution in [2.75, 3.05) is 43.4 Å². The first-order chi connectivity index (χ1) is 15.2. The minimum atomic E-state index is -4.04. The SMILES string of the molecule is COCCNC1CCN(S(=O)(=O)Nc2ccc(F)c(F)c2Nc2ccc(I)cc2F)CC1. The number of piperidine rings is 1. The third-order valence-corrected chi connectivity index (χ3v) is 7.25. The molecule has 176 valence electrons. The normalized spacial score (nSPS) is 15.7. The van der Waals surface area contributed by atoms with Crippen LogP contribution in [-0.4, -0.2) is 52.1 Å². The molecule has 0 atom stereocenters. The standard InChI is InChI=1S/C20H24F3IN4O3S/c1-31-11-8-25-14-6-9-28(10-7-14)32(29,30)27-18-5-3-15(21)19(23)20(18)26-17-4-2-13(24)12-16(17)22/h2-5,12,14,25-27H,6-11H2,1H3. The molecule has 2 aromatic carbocycles. The Bertz CT molecular complexity index is 1050. The molecule has 1 aliphatic heterocycles. The average molecular weight is 584 g/mol. The van der Waals surface area contributed by atoms with E-state index in [4.69, 9.17) is 4.74 Å². The Hall–Kier alpha value is -1.61. The highest BCUT2D eigenvalue weighted by molar-refractivity contribution is 14.1. The van der Waals surface area contributed by atoms with E-state index in [-0.39, 0.29) is 30.5 Å². The lowest BCUT2D eigenvalue weighted by Gasteiger charge is -2.32. The second-order valence-electron chi connectivity index (χ2n) is 7.26. The van der Waals surface area contributed by atoms with E-state index < -0.39 is 33.3 Å². The van der Waals surface area contributed by atoms with Gasteiger partial charge in [0, 0.05) is 36.4 Å². The first-order valence-electron chi connectivity index (χ1n) is 9.91. The van der Waals surface area contributed by atoms with Gasteiger partial charge >= 0.3 is 10.2 Å². The van der Waals surface area contributed by atoms with E-state index in [0.29, 0.717) is 29.6 Å². The van der Waals surface area contributed by atoms with E-state index in [2.05, 4.69) is 15.4 Å². The molecule has 0 amide bonds. The van der Waals surface area contributed by atoms with E-state index >= 15 is 0 Å². The summed E-state index contributed by atoms with van der Waals surface area (Å²) in [6, 6.07) is 6.24. The smallest absolute Gasteiger partial charge is 0.301 e. The average Bonchev–Trinajstić information content (AvgIpc) is 2.75. The van der Waals surface area contributed by atoms with Gasteiger partial charge in [-0.3, -0.25) is 4.72 Å². The Morgan fingerprint density at radius 3 is 2.44 bits per heavy atom. The number of ether oxygens (including phenoxy) is 1. The highest BCUT2D eigenvalue weighted by Crippen LogP contribution is 2.33. The lowest BCUT2D eigenvalue weighted by atomic mass is 10.1. The van der Waals surface area contributed by atoms with Crippen molar-refractivity contribution in [2.24, 2.45) is 0 Å². The Labute approximate surface area is 199 Å². The number of hydrogen-bond acceptors (Lipinski definition) is 5. The van der Waals surface area contributed by atoms with Gasteiger partial charge in [-0.2, -0.15) is 12.7 Å². The maximum atomic E-state index is 14.5. The fraction of sp³-hybridized carbons (Fsp3) is 0.400. The molecule has 0 unspecified atom stereocenters. The molecule has 0 spiro atoms. The number of halogens is 4. The fourth-order valence-electron chi connectivity index (χ4n) is 3.35. The minimum absolute atomic E-state index is 0.113. The van der Waals surface area contributed by atoms with Crippen LogP contribution in [0.1, 0.15) is 12.8 Å². The largest absolute Gasteiger partial charge is 0.383 e. The zero-order valence-electron chi connectivity index (χ0n) is 17.3. The molecule has 0 bridgehead atoms. The second-order valence-corrected chi connectivity index (χ2v) is 10.2. The number of benzene rings is 2. The maximum Gasteiger partial charge on any atom is 0.301 e.